The molecule has 1 saturated carbocycles. The van der Waals surface area contributed by atoms with Crippen LogP contribution in [0.3, 0.4) is 0 Å². The Morgan fingerprint density at radius 2 is 2.00 bits per heavy atom. The van der Waals surface area contributed by atoms with Crippen LogP contribution in [-0.4, -0.2) is 44.3 Å². The zero-order valence-electron chi connectivity index (χ0n) is 15.1. The van der Waals surface area contributed by atoms with Crippen molar-refractivity contribution < 1.29 is 14.0 Å². The second-order valence-electron chi connectivity index (χ2n) is 6.65. The number of thioether (sulfide) groups is 1. The number of rotatable bonds is 9. The van der Waals surface area contributed by atoms with Gasteiger partial charge in [0.25, 0.3) is 0 Å². The lowest BCUT2D eigenvalue weighted by Crippen LogP contribution is -2.28. The number of amides is 2. The highest BCUT2D eigenvalue weighted by Gasteiger charge is 2.30. The quantitative estimate of drug-likeness (QED) is 0.659. The fraction of sp³-hybridized carbons (Fsp3) is 0.444. The van der Waals surface area contributed by atoms with E-state index < -0.39 is 0 Å². The van der Waals surface area contributed by atoms with Crippen molar-refractivity contribution >= 4 is 23.6 Å². The van der Waals surface area contributed by atoms with E-state index in [9.17, 15) is 14.0 Å². The number of primary amides is 1. The fourth-order valence-electron chi connectivity index (χ4n) is 2.67. The van der Waals surface area contributed by atoms with E-state index in [-0.39, 0.29) is 29.8 Å². The number of hydrogen-bond acceptors (Lipinski definition) is 5. The Bertz CT molecular complexity index is 820. The molecule has 0 radical (unpaired) electrons. The number of carbonyl (C=O) groups is 2. The SMILES string of the molecule is CN(Cc1ccc(F)cc1)C(=O)CSc1nnc(C2CC2)n1CCC(N)=O. The van der Waals surface area contributed by atoms with Gasteiger partial charge in [-0.3, -0.25) is 9.59 Å². The first kappa shape index (κ1) is 19.3. The van der Waals surface area contributed by atoms with Crippen LogP contribution in [0, 0.1) is 5.82 Å². The van der Waals surface area contributed by atoms with Crippen LogP contribution < -0.4 is 5.73 Å². The van der Waals surface area contributed by atoms with Gasteiger partial charge in [-0.05, 0) is 30.5 Å². The fourth-order valence-corrected chi connectivity index (χ4v) is 3.58. The predicted octanol–water partition coefficient (Wildman–Crippen LogP) is 1.92. The molecule has 1 aromatic heterocycles. The van der Waals surface area contributed by atoms with Crippen molar-refractivity contribution in [2.24, 2.45) is 5.73 Å². The molecule has 1 aliphatic carbocycles. The molecule has 0 saturated heterocycles. The number of hydrogen-bond donors (Lipinski definition) is 1. The van der Waals surface area contributed by atoms with Gasteiger partial charge in [-0.25, -0.2) is 4.39 Å². The lowest BCUT2D eigenvalue weighted by Gasteiger charge is -2.17. The lowest BCUT2D eigenvalue weighted by molar-refractivity contribution is -0.127. The van der Waals surface area contributed by atoms with Gasteiger partial charge >= 0.3 is 0 Å². The molecule has 9 heteroatoms. The van der Waals surface area contributed by atoms with Gasteiger partial charge in [-0.15, -0.1) is 10.2 Å². The standard InChI is InChI=1S/C18H22FN5O2S/c1-23(10-12-2-6-14(19)7-3-12)16(26)11-27-18-22-21-17(13-4-5-13)24(18)9-8-15(20)25/h2-3,6-7,13H,4-5,8-11H2,1H3,(H2,20,25). The summed E-state index contributed by atoms with van der Waals surface area (Å²) in [5.74, 6) is 0.711. The predicted molar refractivity (Wildman–Crippen MR) is 99.4 cm³/mol. The molecule has 2 aromatic rings. The summed E-state index contributed by atoms with van der Waals surface area (Å²) >= 11 is 1.30. The van der Waals surface area contributed by atoms with Crippen LogP contribution in [-0.2, 0) is 22.7 Å². The molecule has 1 aliphatic rings. The molecule has 1 fully saturated rings. The van der Waals surface area contributed by atoms with E-state index in [2.05, 4.69) is 10.2 Å². The van der Waals surface area contributed by atoms with Crippen LogP contribution in [0.25, 0.3) is 0 Å². The summed E-state index contributed by atoms with van der Waals surface area (Å²) < 4.78 is 14.9. The van der Waals surface area contributed by atoms with Crippen molar-refractivity contribution in [2.75, 3.05) is 12.8 Å². The minimum absolute atomic E-state index is 0.0678. The zero-order chi connectivity index (χ0) is 19.4. The van der Waals surface area contributed by atoms with Crippen molar-refractivity contribution in [3.05, 3.63) is 41.5 Å². The third-order valence-electron chi connectivity index (χ3n) is 4.35. The first-order chi connectivity index (χ1) is 12.9. The normalized spacial score (nSPS) is 13.6. The number of carbonyl (C=O) groups excluding carboxylic acids is 2. The Morgan fingerprint density at radius 1 is 1.30 bits per heavy atom. The monoisotopic (exact) mass is 391 g/mol. The molecule has 7 nitrogen and oxygen atoms in total. The molecule has 1 heterocycles. The first-order valence-corrected chi connectivity index (χ1v) is 9.75. The maximum Gasteiger partial charge on any atom is 0.233 e. The lowest BCUT2D eigenvalue weighted by atomic mass is 10.2. The molecule has 0 bridgehead atoms. The van der Waals surface area contributed by atoms with E-state index in [1.165, 1.54) is 23.9 Å². The highest BCUT2D eigenvalue weighted by Crippen LogP contribution is 2.40. The van der Waals surface area contributed by atoms with Crippen molar-refractivity contribution in [1.82, 2.24) is 19.7 Å². The van der Waals surface area contributed by atoms with Gasteiger partial charge in [0.1, 0.15) is 11.6 Å². The van der Waals surface area contributed by atoms with Gasteiger partial charge < -0.3 is 15.2 Å². The van der Waals surface area contributed by atoms with E-state index in [0.717, 1.165) is 24.2 Å². The summed E-state index contributed by atoms with van der Waals surface area (Å²) in [5.41, 5.74) is 6.12. The average Bonchev–Trinajstić information content (AvgIpc) is 3.40. The second kappa shape index (κ2) is 8.51. The van der Waals surface area contributed by atoms with E-state index in [1.807, 2.05) is 4.57 Å². The average molecular weight is 391 g/mol. The number of benzene rings is 1. The Hall–Kier alpha value is -2.42. The van der Waals surface area contributed by atoms with Gasteiger partial charge in [-0.2, -0.15) is 0 Å². The van der Waals surface area contributed by atoms with E-state index in [0.29, 0.717) is 24.2 Å². The molecule has 0 atom stereocenters. The third kappa shape index (κ3) is 5.29. The minimum Gasteiger partial charge on any atom is -0.370 e. The Balaban J connectivity index is 1.59. The molecular formula is C18H22FN5O2S. The van der Waals surface area contributed by atoms with E-state index in [4.69, 9.17) is 5.73 Å². The second-order valence-corrected chi connectivity index (χ2v) is 7.59. The van der Waals surface area contributed by atoms with Crippen LogP contribution in [0.2, 0.25) is 0 Å². The summed E-state index contributed by atoms with van der Waals surface area (Å²) in [6.07, 6.45) is 2.35. The van der Waals surface area contributed by atoms with Crippen molar-refractivity contribution in [3.8, 4) is 0 Å². The van der Waals surface area contributed by atoms with Crippen LogP contribution in [0.5, 0.6) is 0 Å². The molecule has 144 valence electrons. The molecular weight excluding hydrogens is 369 g/mol. The Labute approximate surface area is 161 Å². The van der Waals surface area contributed by atoms with Crippen LogP contribution >= 0.6 is 11.8 Å². The Kier molecular flexibility index (Phi) is 6.10. The summed E-state index contributed by atoms with van der Waals surface area (Å²) in [7, 11) is 1.71. The number of aromatic nitrogens is 3. The van der Waals surface area contributed by atoms with Crippen molar-refractivity contribution in [1.29, 1.82) is 0 Å². The molecule has 0 aliphatic heterocycles. The highest BCUT2D eigenvalue weighted by atomic mass is 32.2. The van der Waals surface area contributed by atoms with Gasteiger partial charge in [0.05, 0.1) is 5.75 Å². The molecule has 3 rings (SSSR count). The largest absolute Gasteiger partial charge is 0.370 e. The number of nitrogens with two attached hydrogens (primary N) is 1. The van der Waals surface area contributed by atoms with Gasteiger partial charge in [0, 0.05) is 32.5 Å². The van der Waals surface area contributed by atoms with Crippen molar-refractivity contribution in [2.45, 2.75) is 43.4 Å². The molecule has 0 unspecified atom stereocenters. The summed E-state index contributed by atoms with van der Waals surface area (Å²) in [5, 5.41) is 9.05. The van der Waals surface area contributed by atoms with Gasteiger partial charge in [-0.1, -0.05) is 23.9 Å². The zero-order valence-corrected chi connectivity index (χ0v) is 15.9. The van der Waals surface area contributed by atoms with Crippen molar-refractivity contribution in [3.63, 3.8) is 0 Å². The van der Waals surface area contributed by atoms with Gasteiger partial charge in [0.2, 0.25) is 11.8 Å². The topological polar surface area (TPSA) is 94.1 Å². The summed E-state index contributed by atoms with van der Waals surface area (Å²) in [6.45, 7) is 0.831. The van der Waals surface area contributed by atoms with E-state index >= 15 is 0 Å². The van der Waals surface area contributed by atoms with Crippen LogP contribution in [0.1, 0.15) is 36.6 Å². The first-order valence-electron chi connectivity index (χ1n) is 8.76. The van der Waals surface area contributed by atoms with E-state index in [1.54, 1.807) is 24.1 Å². The minimum atomic E-state index is -0.378. The molecule has 27 heavy (non-hydrogen) atoms. The molecule has 0 spiro atoms. The number of nitrogens with zero attached hydrogens (tertiary/aromatic N) is 4. The smallest absolute Gasteiger partial charge is 0.233 e. The molecule has 2 N–H and O–H groups in total. The van der Waals surface area contributed by atoms with Crippen LogP contribution in [0.4, 0.5) is 4.39 Å². The highest BCUT2D eigenvalue weighted by molar-refractivity contribution is 7.99. The summed E-state index contributed by atoms with van der Waals surface area (Å²) in [4.78, 5) is 25.1. The summed E-state index contributed by atoms with van der Waals surface area (Å²) in [6, 6.07) is 6.08. The Morgan fingerprint density at radius 3 is 2.63 bits per heavy atom. The third-order valence-corrected chi connectivity index (χ3v) is 5.30. The number of halogens is 1. The maximum absolute atomic E-state index is 13.0. The maximum atomic E-state index is 13.0. The van der Waals surface area contributed by atoms with Gasteiger partial charge in [0.15, 0.2) is 5.16 Å². The molecule has 1 aromatic carbocycles. The molecule has 2 amide bonds. The van der Waals surface area contributed by atoms with Crippen LogP contribution in [0.15, 0.2) is 29.4 Å².